The van der Waals surface area contributed by atoms with E-state index in [4.69, 9.17) is 229 Å². The summed E-state index contributed by atoms with van der Waals surface area (Å²) in [5, 5.41) is 12.2. The lowest BCUT2D eigenvalue weighted by Crippen LogP contribution is -2.24. The molecule has 0 bridgehead atoms. The van der Waals surface area contributed by atoms with E-state index < -0.39 is 0 Å². The Bertz CT molecular complexity index is 2160. The fourth-order valence-electron chi connectivity index (χ4n) is 10.6. The van der Waals surface area contributed by atoms with Crippen molar-refractivity contribution < 1.29 is 223 Å². The van der Waals surface area contributed by atoms with Gasteiger partial charge in [0.15, 0.2) is 0 Å². The molecule has 880 valence electrons. The second kappa shape index (κ2) is 138. The average molecular weight is 2160 g/mol. The SMILES string of the molecule is CC(C)(CN=[N+]=[N-])COCCOCCOCCOCCOCCOCCOCCOCCOCCOCCOCCOCCOCCOCCOCCOCCOCCOCCOCCOCCOCCOCCOCCOCCOCCOCCOCCOCCOCCOCCOCCOCCOCCOCCOCCOCCOCCOCCOCCOCCOCCOCCOCCOCCOCCOCCO. The van der Waals surface area contributed by atoms with E-state index in [1.807, 2.05) is 13.8 Å². The van der Waals surface area contributed by atoms with Gasteiger partial charge in [0.2, 0.25) is 0 Å². The van der Waals surface area contributed by atoms with Gasteiger partial charge in [-0.25, -0.2) is 0 Å². The molecule has 1 N–H and O–H groups in total. The maximum Gasteiger partial charge on any atom is 0.0701 e. The van der Waals surface area contributed by atoms with Crippen molar-refractivity contribution >= 4 is 0 Å². The lowest BCUT2D eigenvalue weighted by molar-refractivity contribution is -0.0330. The summed E-state index contributed by atoms with van der Waals surface area (Å²) in [5.41, 5.74) is 8.25. The summed E-state index contributed by atoms with van der Waals surface area (Å²) in [7, 11) is 0. The normalized spacial score (nSPS) is 11.9. The summed E-state index contributed by atoms with van der Waals surface area (Å²) in [4.78, 5) is 2.79. The molecular formula is C97H195N3O47. The van der Waals surface area contributed by atoms with Crippen molar-refractivity contribution in [1.29, 1.82) is 0 Å². The largest absolute Gasteiger partial charge is 0.394 e. The zero-order chi connectivity index (χ0) is 105. The van der Waals surface area contributed by atoms with Crippen molar-refractivity contribution in [3.63, 3.8) is 0 Å². The lowest BCUT2D eigenvalue weighted by Gasteiger charge is -2.21. The van der Waals surface area contributed by atoms with Crippen molar-refractivity contribution in [1.82, 2.24) is 0 Å². The van der Waals surface area contributed by atoms with Crippen LogP contribution in [0.25, 0.3) is 10.4 Å². The van der Waals surface area contributed by atoms with E-state index in [0.717, 1.165) is 0 Å². The fraction of sp³-hybridized carbons (Fsp3) is 1.00. The predicted octanol–water partition coefficient (Wildman–Crippen LogP) is 2.08. The van der Waals surface area contributed by atoms with Crippen LogP contribution in [0.2, 0.25) is 0 Å². The minimum absolute atomic E-state index is 0.0138. The van der Waals surface area contributed by atoms with Crippen molar-refractivity contribution in [2.24, 2.45) is 10.5 Å². The highest BCUT2D eigenvalue weighted by Gasteiger charge is 2.17. The molecule has 0 atom stereocenters. The number of rotatable bonds is 141. The topological polar surface area (TPSA) is 494 Å². The molecule has 0 amide bonds. The summed E-state index contributed by atoms with van der Waals surface area (Å²) < 4.78 is 254. The molecule has 0 heterocycles. The van der Waals surface area contributed by atoms with Gasteiger partial charge in [0.05, 0.1) is 614 Å². The van der Waals surface area contributed by atoms with Crippen LogP contribution in [-0.2, 0) is 218 Å². The molecule has 0 fully saturated rings. The number of hydrogen-bond acceptors (Lipinski definition) is 48. The number of aliphatic hydroxyl groups excluding tert-OH is 1. The van der Waals surface area contributed by atoms with Crippen LogP contribution >= 0.6 is 0 Å². The molecule has 50 nitrogen and oxygen atoms in total. The highest BCUT2D eigenvalue weighted by atomic mass is 16.7. The minimum Gasteiger partial charge on any atom is -0.394 e. The van der Waals surface area contributed by atoms with Gasteiger partial charge in [0.25, 0.3) is 0 Å². The highest BCUT2D eigenvalue weighted by molar-refractivity contribution is 4.71. The third-order valence-corrected chi connectivity index (χ3v) is 18.0. The standard InChI is InChI=1S/C97H195N3O47/c1-97(2,95-99-100-98)96-147-94-93-146-92-91-145-90-89-144-88-87-143-86-85-142-84-83-141-82-81-140-80-79-139-78-77-138-76-75-137-74-73-136-72-71-135-70-69-134-68-67-133-66-65-132-64-63-131-62-61-130-60-59-129-58-57-128-56-55-127-54-53-126-52-51-125-50-49-124-48-47-123-46-45-122-44-43-121-42-41-120-40-39-119-38-37-118-36-35-117-34-33-116-32-31-115-30-29-114-28-27-113-26-25-112-24-23-111-22-21-110-20-19-109-18-17-108-16-15-107-14-13-106-12-11-105-10-9-104-8-7-103-6-5-102-4-3-101/h101H,3-96H2,1-2H3. The third kappa shape index (κ3) is 139. The van der Waals surface area contributed by atoms with Crippen LogP contribution in [0.15, 0.2) is 5.11 Å². The van der Waals surface area contributed by atoms with Crippen LogP contribution in [0.3, 0.4) is 0 Å². The molecule has 0 saturated heterocycles. The third-order valence-electron chi connectivity index (χ3n) is 18.0. The molecule has 0 aromatic rings. The molecule has 0 rings (SSSR count). The monoisotopic (exact) mass is 2150 g/mol. The Morgan fingerprint density at radius 1 is 0.129 bits per heavy atom. The Balaban J connectivity index is 3.11. The predicted molar refractivity (Wildman–Crippen MR) is 533 cm³/mol. The van der Waals surface area contributed by atoms with Crippen molar-refractivity contribution in [2.45, 2.75) is 13.8 Å². The van der Waals surface area contributed by atoms with E-state index in [9.17, 15) is 0 Å². The molecule has 0 aromatic carbocycles. The maximum atomic E-state index is 8.63. The minimum atomic E-state index is -0.202. The number of aliphatic hydroxyl groups is 1. The van der Waals surface area contributed by atoms with Crippen LogP contribution in [-0.4, -0.2) is 626 Å². The van der Waals surface area contributed by atoms with E-state index in [0.29, 0.717) is 614 Å². The number of hydrogen-bond donors (Lipinski definition) is 1. The molecule has 0 spiro atoms. The number of ether oxygens (including phenoxy) is 46. The Hall–Kier alpha value is -2.57. The number of nitrogens with zero attached hydrogens (tertiary/aromatic N) is 3. The molecule has 0 unspecified atom stereocenters. The highest BCUT2D eigenvalue weighted by Crippen LogP contribution is 2.16. The van der Waals surface area contributed by atoms with Crippen LogP contribution in [0, 0.1) is 5.41 Å². The van der Waals surface area contributed by atoms with Gasteiger partial charge in [-0.2, -0.15) is 0 Å². The van der Waals surface area contributed by atoms with Crippen LogP contribution in [0.5, 0.6) is 0 Å². The van der Waals surface area contributed by atoms with Crippen molar-refractivity contribution in [3.05, 3.63) is 10.4 Å². The van der Waals surface area contributed by atoms with Gasteiger partial charge in [-0.15, -0.1) is 0 Å². The van der Waals surface area contributed by atoms with Gasteiger partial charge >= 0.3 is 0 Å². The summed E-state index contributed by atoms with van der Waals surface area (Å²) in [6, 6.07) is 0. The Morgan fingerprint density at radius 3 is 0.265 bits per heavy atom. The maximum absolute atomic E-state index is 8.63. The van der Waals surface area contributed by atoms with Crippen LogP contribution in [0.4, 0.5) is 0 Å². The van der Waals surface area contributed by atoms with E-state index in [1.165, 1.54) is 0 Å². The molecule has 0 aliphatic rings. The Kier molecular flexibility index (Phi) is 135. The van der Waals surface area contributed by atoms with Gasteiger partial charge in [0, 0.05) is 11.5 Å². The Labute approximate surface area is 875 Å². The van der Waals surface area contributed by atoms with Crippen LogP contribution < -0.4 is 0 Å². The second-order valence-corrected chi connectivity index (χ2v) is 30.9. The molecule has 50 heteroatoms. The van der Waals surface area contributed by atoms with Gasteiger partial charge in [-0.1, -0.05) is 19.0 Å². The summed E-state index contributed by atoms with van der Waals surface area (Å²) in [6.45, 7) is 47.9. The van der Waals surface area contributed by atoms with Gasteiger partial charge in [-0.05, 0) is 10.9 Å². The van der Waals surface area contributed by atoms with Crippen molar-refractivity contribution in [2.75, 3.05) is 621 Å². The van der Waals surface area contributed by atoms with Gasteiger partial charge in [0.1, 0.15) is 0 Å². The van der Waals surface area contributed by atoms with Crippen LogP contribution in [0.1, 0.15) is 13.8 Å². The van der Waals surface area contributed by atoms with E-state index in [2.05, 4.69) is 10.0 Å². The molecule has 0 saturated carbocycles. The van der Waals surface area contributed by atoms with E-state index >= 15 is 0 Å². The van der Waals surface area contributed by atoms with E-state index in [-0.39, 0.29) is 12.0 Å². The first kappa shape index (κ1) is 144. The average Bonchev–Trinajstić information content (AvgIpc) is 0.939. The van der Waals surface area contributed by atoms with Crippen molar-refractivity contribution in [3.8, 4) is 0 Å². The molecule has 0 aliphatic heterocycles. The molecule has 0 aliphatic carbocycles. The van der Waals surface area contributed by atoms with Gasteiger partial charge < -0.3 is 223 Å². The molecule has 0 aromatic heterocycles. The summed E-state index contributed by atoms with van der Waals surface area (Å²) in [6.07, 6.45) is 0. The zero-order valence-corrected chi connectivity index (χ0v) is 89.5. The Morgan fingerprint density at radius 2 is 0.197 bits per heavy atom. The molecule has 147 heavy (non-hydrogen) atoms. The fourth-order valence-corrected chi connectivity index (χ4v) is 10.6. The zero-order valence-electron chi connectivity index (χ0n) is 89.5. The first-order chi connectivity index (χ1) is 73.1. The summed E-state index contributed by atoms with van der Waals surface area (Å²) in [5.74, 6) is 0. The smallest absolute Gasteiger partial charge is 0.0701 e. The molecular weight excluding hydrogens is 1960 g/mol. The summed E-state index contributed by atoms with van der Waals surface area (Å²) >= 11 is 0. The van der Waals surface area contributed by atoms with Gasteiger partial charge in [-0.3, -0.25) is 0 Å². The second-order valence-electron chi connectivity index (χ2n) is 30.9. The quantitative estimate of drug-likeness (QED) is 0.0394. The first-order valence-corrected chi connectivity index (χ1v) is 52.3. The van der Waals surface area contributed by atoms with E-state index in [1.54, 1.807) is 0 Å². The molecule has 0 radical (unpaired) electrons. The lowest BCUT2D eigenvalue weighted by atomic mass is 9.95. The number of azide groups is 1. The first-order valence-electron chi connectivity index (χ1n) is 52.3.